The molecule has 0 radical (unpaired) electrons. The highest BCUT2D eigenvalue weighted by atomic mass is 16.5. The van der Waals surface area contributed by atoms with Crippen molar-refractivity contribution in [3.63, 3.8) is 0 Å². The fourth-order valence-electron chi connectivity index (χ4n) is 2.78. The van der Waals surface area contributed by atoms with Gasteiger partial charge in [0.1, 0.15) is 11.3 Å². The minimum Gasteiger partial charge on any atom is -0.497 e. The second kappa shape index (κ2) is 7.95. The molecule has 0 fully saturated rings. The fraction of sp³-hybridized carbons (Fsp3) is 0.238. The van der Waals surface area contributed by atoms with Crippen LogP contribution >= 0.6 is 0 Å². The van der Waals surface area contributed by atoms with E-state index in [-0.39, 0.29) is 12.3 Å². The van der Waals surface area contributed by atoms with Crippen LogP contribution in [-0.4, -0.2) is 38.0 Å². The van der Waals surface area contributed by atoms with Gasteiger partial charge < -0.3 is 18.8 Å². The number of carbonyl (C=O) groups is 2. The number of amides is 1. The number of furan rings is 1. The fourth-order valence-corrected chi connectivity index (χ4v) is 2.78. The van der Waals surface area contributed by atoms with E-state index in [1.165, 1.54) is 11.2 Å². The Labute approximate surface area is 157 Å². The third-order valence-electron chi connectivity index (χ3n) is 4.21. The van der Waals surface area contributed by atoms with Gasteiger partial charge in [-0.2, -0.15) is 0 Å². The minimum atomic E-state index is -0.980. The van der Waals surface area contributed by atoms with Crippen LogP contribution in [0.25, 0.3) is 11.0 Å². The molecule has 6 heteroatoms. The first-order valence-corrected chi connectivity index (χ1v) is 8.49. The second-order valence-corrected chi connectivity index (χ2v) is 6.31. The highest BCUT2D eigenvalue weighted by Crippen LogP contribution is 2.27. The number of benzene rings is 2. The first-order chi connectivity index (χ1) is 13.0. The molecule has 0 aliphatic carbocycles. The zero-order valence-corrected chi connectivity index (χ0v) is 15.5. The lowest BCUT2D eigenvalue weighted by molar-refractivity contribution is -0.159. The van der Waals surface area contributed by atoms with Gasteiger partial charge in [0.25, 0.3) is 5.91 Å². The molecule has 1 heterocycles. The van der Waals surface area contributed by atoms with Crippen LogP contribution < -0.4 is 4.74 Å². The summed E-state index contributed by atoms with van der Waals surface area (Å²) in [5.74, 6) is -0.124. The SMILES string of the molecule is COc1ccc2c(CC(=O)O[C@@H](C(=O)N(C)C)c3ccccc3)coc2c1. The number of ether oxygens (including phenoxy) is 2. The molecule has 0 unspecified atom stereocenters. The Kier molecular flexibility index (Phi) is 5.45. The number of rotatable bonds is 6. The standard InChI is InChI=1S/C21H21NO5/c1-22(2)21(24)20(14-7-5-4-6-8-14)27-19(23)11-15-13-26-18-12-16(25-3)9-10-17(15)18/h4-10,12-13,20H,11H2,1-3H3/t20-/m1/s1. The van der Waals surface area contributed by atoms with Gasteiger partial charge in [-0.15, -0.1) is 0 Å². The van der Waals surface area contributed by atoms with Crippen molar-refractivity contribution < 1.29 is 23.5 Å². The lowest BCUT2D eigenvalue weighted by Crippen LogP contribution is -2.31. The van der Waals surface area contributed by atoms with Gasteiger partial charge in [-0.25, -0.2) is 0 Å². The predicted molar refractivity (Wildman–Crippen MR) is 100 cm³/mol. The van der Waals surface area contributed by atoms with Crippen LogP contribution in [-0.2, 0) is 20.7 Å². The maximum absolute atomic E-state index is 12.5. The number of likely N-dealkylation sites (N-methyl/N-ethyl adjacent to an activating group) is 1. The van der Waals surface area contributed by atoms with Gasteiger partial charge >= 0.3 is 5.97 Å². The molecule has 1 amide bonds. The Morgan fingerprint density at radius 1 is 1.11 bits per heavy atom. The third kappa shape index (κ3) is 4.11. The quantitative estimate of drug-likeness (QED) is 0.625. The van der Waals surface area contributed by atoms with E-state index in [4.69, 9.17) is 13.9 Å². The number of hydrogen-bond donors (Lipinski definition) is 0. The van der Waals surface area contributed by atoms with Gasteiger partial charge in [-0.05, 0) is 12.1 Å². The van der Waals surface area contributed by atoms with Crippen LogP contribution in [0.3, 0.4) is 0 Å². The molecule has 1 aromatic heterocycles. The van der Waals surface area contributed by atoms with Gasteiger partial charge in [-0.1, -0.05) is 30.3 Å². The van der Waals surface area contributed by atoms with Crippen LogP contribution in [0.2, 0.25) is 0 Å². The van der Waals surface area contributed by atoms with Gasteiger partial charge in [-0.3, -0.25) is 9.59 Å². The largest absolute Gasteiger partial charge is 0.497 e. The number of fused-ring (bicyclic) bond motifs is 1. The van der Waals surface area contributed by atoms with Crippen molar-refractivity contribution in [2.24, 2.45) is 0 Å². The van der Waals surface area contributed by atoms with Crippen molar-refractivity contribution in [1.82, 2.24) is 4.90 Å². The normalized spacial score (nSPS) is 11.8. The first-order valence-electron chi connectivity index (χ1n) is 8.49. The van der Waals surface area contributed by atoms with E-state index >= 15 is 0 Å². The second-order valence-electron chi connectivity index (χ2n) is 6.31. The molecule has 0 aliphatic heterocycles. The van der Waals surface area contributed by atoms with Crippen molar-refractivity contribution in [3.8, 4) is 5.75 Å². The Balaban J connectivity index is 1.79. The Bertz CT molecular complexity index is 946. The third-order valence-corrected chi connectivity index (χ3v) is 4.21. The number of hydrogen-bond acceptors (Lipinski definition) is 5. The average Bonchev–Trinajstić information content (AvgIpc) is 3.08. The molecule has 3 aromatic rings. The van der Waals surface area contributed by atoms with E-state index in [9.17, 15) is 9.59 Å². The van der Waals surface area contributed by atoms with Gasteiger partial charge in [0.2, 0.25) is 6.10 Å². The van der Waals surface area contributed by atoms with Gasteiger partial charge in [0.05, 0.1) is 19.8 Å². The number of esters is 1. The highest BCUT2D eigenvalue weighted by Gasteiger charge is 2.26. The monoisotopic (exact) mass is 367 g/mol. The summed E-state index contributed by atoms with van der Waals surface area (Å²) in [6, 6.07) is 14.4. The molecular weight excluding hydrogens is 346 g/mol. The van der Waals surface area contributed by atoms with Crippen molar-refractivity contribution in [3.05, 3.63) is 65.9 Å². The summed E-state index contributed by atoms with van der Waals surface area (Å²) in [4.78, 5) is 26.4. The molecule has 6 nitrogen and oxygen atoms in total. The first kappa shape index (κ1) is 18.5. The maximum Gasteiger partial charge on any atom is 0.311 e. The molecule has 0 saturated heterocycles. The Hall–Kier alpha value is -3.28. The molecule has 1 atom stereocenters. The topological polar surface area (TPSA) is 69.0 Å². The van der Waals surface area contributed by atoms with E-state index in [0.29, 0.717) is 22.5 Å². The van der Waals surface area contributed by atoms with E-state index < -0.39 is 12.1 Å². The summed E-state index contributed by atoms with van der Waals surface area (Å²) in [5.41, 5.74) is 1.95. The van der Waals surface area contributed by atoms with Crippen molar-refractivity contribution in [2.75, 3.05) is 21.2 Å². The molecule has 0 spiro atoms. The average molecular weight is 367 g/mol. The van der Waals surface area contributed by atoms with E-state index in [1.807, 2.05) is 12.1 Å². The number of methoxy groups -OCH3 is 1. The zero-order valence-electron chi connectivity index (χ0n) is 15.5. The Morgan fingerprint density at radius 2 is 1.85 bits per heavy atom. The molecule has 0 saturated carbocycles. The van der Waals surface area contributed by atoms with Crippen molar-refractivity contribution >= 4 is 22.8 Å². The summed E-state index contributed by atoms with van der Waals surface area (Å²) in [6.07, 6.45) is 0.548. The molecule has 0 aliphatic rings. The summed E-state index contributed by atoms with van der Waals surface area (Å²) in [6.45, 7) is 0. The molecule has 0 N–H and O–H groups in total. The smallest absolute Gasteiger partial charge is 0.311 e. The lowest BCUT2D eigenvalue weighted by atomic mass is 10.1. The Morgan fingerprint density at radius 3 is 2.52 bits per heavy atom. The van der Waals surface area contributed by atoms with Gasteiger partial charge in [0, 0.05) is 36.7 Å². The summed E-state index contributed by atoms with van der Waals surface area (Å²) in [7, 11) is 4.83. The predicted octanol–water partition coefficient (Wildman–Crippen LogP) is 3.36. The molecule has 27 heavy (non-hydrogen) atoms. The van der Waals surface area contributed by atoms with E-state index in [0.717, 1.165) is 5.39 Å². The van der Waals surface area contributed by atoms with Gasteiger partial charge in [0.15, 0.2) is 0 Å². The zero-order chi connectivity index (χ0) is 19.4. The van der Waals surface area contributed by atoms with E-state index in [1.54, 1.807) is 57.6 Å². The molecule has 3 rings (SSSR count). The highest BCUT2D eigenvalue weighted by molar-refractivity contribution is 5.88. The molecule has 140 valence electrons. The van der Waals surface area contributed by atoms with Crippen LogP contribution in [0.15, 0.2) is 59.2 Å². The van der Waals surface area contributed by atoms with Crippen LogP contribution in [0, 0.1) is 0 Å². The molecule has 2 aromatic carbocycles. The van der Waals surface area contributed by atoms with Crippen LogP contribution in [0.5, 0.6) is 5.75 Å². The van der Waals surface area contributed by atoms with E-state index in [2.05, 4.69) is 0 Å². The van der Waals surface area contributed by atoms with Crippen LogP contribution in [0.4, 0.5) is 0 Å². The minimum absolute atomic E-state index is 0.00334. The van der Waals surface area contributed by atoms with Crippen molar-refractivity contribution in [1.29, 1.82) is 0 Å². The number of nitrogens with zero attached hydrogens (tertiary/aromatic N) is 1. The maximum atomic E-state index is 12.5. The summed E-state index contributed by atoms with van der Waals surface area (Å²) in [5, 5.41) is 0.808. The molecule has 0 bridgehead atoms. The van der Waals surface area contributed by atoms with Crippen molar-refractivity contribution in [2.45, 2.75) is 12.5 Å². The summed E-state index contributed by atoms with van der Waals surface area (Å²) >= 11 is 0. The van der Waals surface area contributed by atoms with Crippen LogP contribution in [0.1, 0.15) is 17.2 Å². The summed E-state index contributed by atoms with van der Waals surface area (Å²) < 4.78 is 16.2. The number of carbonyl (C=O) groups excluding carboxylic acids is 2. The lowest BCUT2D eigenvalue weighted by Gasteiger charge is -2.21. The molecular formula is C21H21NO5.